The van der Waals surface area contributed by atoms with E-state index in [4.69, 9.17) is 9.15 Å². The van der Waals surface area contributed by atoms with Crippen LogP contribution in [0.2, 0.25) is 0 Å². The fourth-order valence-corrected chi connectivity index (χ4v) is 3.95. The van der Waals surface area contributed by atoms with Gasteiger partial charge in [0.05, 0.1) is 18.9 Å². The molecule has 0 N–H and O–H groups in total. The molecule has 0 spiro atoms. The average Bonchev–Trinajstić information content (AvgIpc) is 3.09. The predicted octanol–water partition coefficient (Wildman–Crippen LogP) is 3.95. The Morgan fingerprint density at radius 1 is 1.29 bits per heavy atom. The second-order valence-electron chi connectivity index (χ2n) is 5.29. The van der Waals surface area contributed by atoms with E-state index in [1.807, 2.05) is 30.9 Å². The minimum Gasteiger partial charge on any atom is -0.464 e. The summed E-state index contributed by atoms with van der Waals surface area (Å²) in [5.41, 5.74) is 4.33. The molecule has 0 saturated carbocycles. The van der Waals surface area contributed by atoms with E-state index in [1.165, 1.54) is 5.56 Å². The first-order valence-electron chi connectivity index (χ1n) is 6.69. The number of aromatic nitrogens is 2. The molecule has 0 unspecified atom stereocenters. The fraction of sp³-hybridized carbons (Fsp3) is 0.125. The molecule has 5 rings (SSSR count). The summed E-state index contributed by atoms with van der Waals surface area (Å²) in [7, 11) is 2.03. The van der Waals surface area contributed by atoms with Crippen LogP contribution in [0, 0.1) is 6.92 Å². The van der Waals surface area contributed by atoms with Crippen LogP contribution in [-0.2, 0) is 7.05 Å². The van der Waals surface area contributed by atoms with Crippen molar-refractivity contribution in [3.05, 3.63) is 35.7 Å². The lowest BCUT2D eigenvalue weighted by Crippen LogP contribution is -2.32. The molecule has 4 nitrogen and oxygen atoms in total. The van der Waals surface area contributed by atoms with E-state index in [-0.39, 0.29) is 0 Å². The third kappa shape index (κ3) is 1.29. The maximum Gasteiger partial charge on any atom is 0.288 e. The SMILES string of the molecule is Cc1c2c(cc3occc13)Oc1csc3nc[n+](C)c-2c13. The Bertz CT molecular complexity index is 1050. The van der Waals surface area contributed by atoms with Crippen molar-refractivity contribution in [2.24, 2.45) is 7.05 Å². The van der Waals surface area contributed by atoms with Crippen LogP contribution in [0.4, 0.5) is 0 Å². The predicted molar refractivity (Wildman–Crippen MR) is 80.8 cm³/mol. The Balaban J connectivity index is 2.04. The third-order valence-corrected chi connectivity index (χ3v) is 4.98. The van der Waals surface area contributed by atoms with Crippen molar-refractivity contribution >= 4 is 32.5 Å². The summed E-state index contributed by atoms with van der Waals surface area (Å²) >= 11 is 1.61. The summed E-state index contributed by atoms with van der Waals surface area (Å²) in [6.07, 6.45) is 3.59. The fourth-order valence-electron chi connectivity index (χ4n) is 3.14. The molecule has 21 heavy (non-hydrogen) atoms. The second kappa shape index (κ2) is 3.62. The highest BCUT2D eigenvalue weighted by Crippen LogP contribution is 2.49. The van der Waals surface area contributed by atoms with Gasteiger partial charge in [-0.15, -0.1) is 0 Å². The normalized spacial score (nSPS) is 12.7. The zero-order chi connectivity index (χ0) is 14.1. The second-order valence-corrected chi connectivity index (χ2v) is 6.15. The topological polar surface area (TPSA) is 39.1 Å². The van der Waals surface area contributed by atoms with Crippen LogP contribution < -0.4 is 9.30 Å². The number of fused-ring (bicyclic) bond motifs is 3. The third-order valence-electron chi connectivity index (χ3n) is 4.12. The standard InChI is InChI=1S/C16H11N2O2S/c1-8-9-3-4-19-10(9)5-11-13(8)15-14-12(20-11)6-21-16(14)17-7-18(15)2/h3-7H,1-2H3/q+1. The van der Waals surface area contributed by atoms with Crippen molar-refractivity contribution < 1.29 is 13.7 Å². The monoisotopic (exact) mass is 295 g/mol. The molecule has 0 saturated heterocycles. The van der Waals surface area contributed by atoms with Crippen molar-refractivity contribution in [3.63, 3.8) is 0 Å². The van der Waals surface area contributed by atoms with Gasteiger partial charge in [-0.25, -0.2) is 4.57 Å². The first-order chi connectivity index (χ1) is 10.2. The molecule has 0 atom stereocenters. The van der Waals surface area contributed by atoms with Gasteiger partial charge in [-0.3, -0.25) is 0 Å². The first kappa shape index (κ1) is 11.3. The van der Waals surface area contributed by atoms with Gasteiger partial charge in [0.2, 0.25) is 4.83 Å². The zero-order valence-corrected chi connectivity index (χ0v) is 12.3. The quantitative estimate of drug-likeness (QED) is 0.406. The van der Waals surface area contributed by atoms with Crippen LogP contribution in [0.25, 0.3) is 32.4 Å². The molecule has 3 aromatic heterocycles. The Morgan fingerprint density at radius 3 is 3.10 bits per heavy atom. The number of thiophene rings is 1. The van der Waals surface area contributed by atoms with E-state index in [1.54, 1.807) is 17.6 Å². The number of ether oxygens (including phenoxy) is 1. The average molecular weight is 295 g/mol. The molecule has 0 bridgehead atoms. The van der Waals surface area contributed by atoms with E-state index >= 15 is 0 Å². The van der Waals surface area contributed by atoms with Gasteiger partial charge in [0.15, 0.2) is 11.4 Å². The summed E-state index contributed by atoms with van der Waals surface area (Å²) < 4.78 is 13.7. The number of aryl methyl sites for hydroxylation is 2. The molecule has 0 aliphatic carbocycles. The van der Waals surface area contributed by atoms with Gasteiger partial charge in [0.1, 0.15) is 16.7 Å². The van der Waals surface area contributed by atoms with Crippen LogP contribution in [0.15, 0.2) is 34.5 Å². The van der Waals surface area contributed by atoms with Crippen molar-refractivity contribution in [2.75, 3.05) is 0 Å². The number of rotatable bonds is 0. The smallest absolute Gasteiger partial charge is 0.288 e. The summed E-state index contributed by atoms with van der Waals surface area (Å²) in [4.78, 5) is 5.49. The number of nitrogens with zero attached hydrogens (tertiary/aromatic N) is 2. The molecule has 102 valence electrons. The molecule has 1 aliphatic rings. The number of hydrogen-bond donors (Lipinski definition) is 0. The summed E-state index contributed by atoms with van der Waals surface area (Å²) in [6.45, 7) is 2.11. The lowest BCUT2D eigenvalue weighted by atomic mass is 9.97. The zero-order valence-electron chi connectivity index (χ0n) is 11.5. The Morgan fingerprint density at radius 2 is 2.19 bits per heavy atom. The highest BCUT2D eigenvalue weighted by atomic mass is 32.1. The van der Waals surface area contributed by atoms with Gasteiger partial charge in [0, 0.05) is 16.8 Å². The molecule has 0 fully saturated rings. The van der Waals surface area contributed by atoms with Gasteiger partial charge in [0.25, 0.3) is 6.33 Å². The summed E-state index contributed by atoms with van der Waals surface area (Å²) in [5, 5.41) is 4.25. The Kier molecular flexibility index (Phi) is 1.94. The maximum atomic E-state index is 6.10. The number of hydrogen-bond acceptors (Lipinski definition) is 4. The molecule has 5 heteroatoms. The van der Waals surface area contributed by atoms with Gasteiger partial charge < -0.3 is 9.15 Å². The number of benzene rings is 1. The lowest BCUT2D eigenvalue weighted by molar-refractivity contribution is -0.662. The minimum absolute atomic E-state index is 0.851. The summed E-state index contributed by atoms with van der Waals surface area (Å²) in [5.74, 6) is 1.73. The molecule has 0 radical (unpaired) electrons. The van der Waals surface area contributed by atoms with Crippen LogP contribution in [0.5, 0.6) is 11.5 Å². The molecular weight excluding hydrogens is 284 g/mol. The van der Waals surface area contributed by atoms with Crippen LogP contribution in [0.3, 0.4) is 0 Å². The molecule has 4 heterocycles. The molecule has 0 amide bonds. The highest BCUT2D eigenvalue weighted by molar-refractivity contribution is 7.17. The van der Waals surface area contributed by atoms with Crippen molar-refractivity contribution in [1.29, 1.82) is 0 Å². The largest absolute Gasteiger partial charge is 0.464 e. The van der Waals surface area contributed by atoms with E-state index in [0.717, 1.165) is 43.9 Å². The molecular formula is C16H11N2O2S+. The maximum absolute atomic E-state index is 6.10. The Labute approximate surface area is 124 Å². The first-order valence-corrected chi connectivity index (χ1v) is 7.57. The lowest BCUT2D eigenvalue weighted by Gasteiger charge is -2.18. The minimum atomic E-state index is 0.851. The van der Waals surface area contributed by atoms with Gasteiger partial charge in [-0.05, 0) is 23.5 Å². The van der Waals surface area contributed by atoms with E-state index in [9.17, 15) is 0 Å². The summed E-state index contributed by atoms with van der Waals surface area (Å²) in [6, 6.07) is 3.98. The van der Waals surface area contributed by atoms with Crippen molar-refractivity contribution in [3.8, 4) is 22.8 Å². The van der Waals surface area contributed by atoms with Gasteiger partial charge in [-0.1, -0.05) is 11.3 Å². The van der Waals surface area contributed by atoms with E-state index in [2.05, 4.69) is 16.5 Å². The van der Waals surface area contributed by atoms with Crippen molar-refractivity contribution in [1.82, 2.24) is 4.98 Å². The van der Waals surface area contributed by atoms with Gasteiger partial charge in [-0.2, -0.15) is 0 Å². The van der Waals surface area contributed by atoms with Crippen LogP contribution in [0.1, 0.15) is 5.56 Å². The molecule has 1 aromatic carbocycles. The molecule has 1 aliphatic heterocycles. The number of furan rings is 1. The van der Waals surface area contributed by atoms with Crippen LogP contribution >= 0.6 is 11.3 Å². The highest BCUT2D eigenvalue weighted by Gasteiger charge is 2.31. The van der Waals surface area contributed by atoms with E-state index < -0.39 is 0 Å². The Hall–Kier alpha value is -2.40. The van der Waals surface area contributed by atoms with E-state index in [0.29, 0.717) is 0 Å². The van der Waals surface area contributed by atoms with Gasteiger partial charge >= 0.3 is 0 Å². The van der Waals surface area contributed by atoms with Crippen molar-refractivity contribution in [2.45, 2.75) is 6.92 Å². The van der Waals surface area contributed by atoms with Crippen LogP contribution in [-0.4, -0.2) is 4.98 Å². The molecule has 4 aromatic rings.